The average Bonchev–Trinajstić information content (AvgIpc) is 2.48. The van der Waals surface area contributed by atoms with Crippen LogP contribution >= 0.6 is 11.6 Å². The van der Waals surface area contributed by atoms with Crippen molar-refractivity contribution < 1.29 is 14.3 Å². The zero-order valence-electron chi connectivity index (χ0n) is 11.5. The van der Waals surface area contributed by atoms with Crippen molar-refractivity contribution in [3.8, 4) is 16.9 Å². The summed E-state index contributed by atoms with van der Waals surface area (Å²) in [6.07, 6.45) is 0.841. The van der Waals surface area contributed by atoms with Crippen molar-refractivity contribution >= 4 is 17.5 Å². The number of phenolic OH excluding ortho intramolecular Hbond substituents is 1. The van der Waals surface area contributed by atoms with Gasteiger partial charge in [-0.3, -0.25) is 4.79 Å². The third-order valence-corrected chi connectivity index (χ3v) is 3.31. The first-order chi connectivity index (χ1) is 10.0. The van der Waals surface area contributed by atoms with Crippen molar-refractivity contribution in [1.29, 1.82) is 0 Å². The molecule has 2 aromatic rings. The zero-order valence-corrected chi connectivity index (χ0v) is 12.2. The third kappa shape index (κ3) is 3.52. The van der Waals surface area contributed by atoms with Crippen molar-refractivity contribution in [2.45, 2.75) is 13.3 Å². The Hall–Kier alpha value is -2.07. The molecule has 110 valence electrons. The Labute approximate surface area is 127 Å². The highest BCUT2D eigenvalue weighted by Gasteiger charge is 2.12. The molecule has 0 bridgehead atoms. The molecule has 2 aromatic carbocycles. The van der Waals surface area contributed by atoms with Crippen LogP contribution in [0.25, 0.3) is 11.1 Å². The first-order valence-corrected chi connectivity index (χ1v) is 6.97. The fourth-order valence-corrected chi connectivity index (χ4v) is 2.09. The smallest absolute Gasteiger partial charge is 0.251 e. The van der Waals surface area contributed by atoms with Crippen molar-refractivity contribution in [1.82, 2.24) is 5.32 Å². The lowest BCUT2D eigenvalue weighted by Gasteiger charge is -2.08. The maximum absolute atomic E-state index is 13.9. The van der Waals surface area contributed by atoms with Gasteiger partial charge in [-0.25, -0.2) is 4.39 Å². The summed E-state index contributed by atoms with van der Waals surface area (Å²) in [4.78, 5) is 11.9. The molecule has 0 unspecified atom stereocenters. The topological polar surface area (TPSA) is 49.3 Å². The first kappa shape index (κ1) is 15.3. The van der Waals surface area contributed by atoms with Gasteiger partial charge in [0.05, 0.1) is 5.02 Å². The van der Waals surface area contributed by atoms with E-state index in [1.54, 1.807) is 24.3 Å². The zero-order chi connectivity index (χ0) is 15.4. The number of carbonyl (C=O) groups is 1. The SMILES string of the molecule is CCCNC(=O)c1cccc(-c2cc(Cl)c(O)cc2F)c1. The number of carbonyl (C=O) groups excluding carboxylic acids is 1. The lowest BCUT2D eigenvalue weighted by Crippen LogP contribution is -2.23. The second-order valence-corrected chi connectivity index (χ2v) is 5.03. The number of amides is 1. The fraction of sp³-hybridized carbons (Fsp3) is 0.188. The van der Waals surface area contributed by atoms with Gasteiger partial charge in [0.1, 0.15) is 11.6 Å². The largest absolute Gasteiger partial charge is 0.506 e. The summed E-state index contributed by atoms with van der Waals surface area (Å²) in [5, 5.41) is 12.2. The second kappa shape index (κ2) is 6.59. The molecule has 2 rings (SSSR count). The van der Waals surface area contributed by atoms with E-state index in [4.69, 9.17) is 11.6 Å². The van der Waals surface area contributed by atoms with Crippen LogP contribution in [-0.4, -0.2) is 17.6 Å². The molecular formula is C16H15ClFNO2. The third-order valence-electron chi connectivity index (χ3n) is 3.01. The molecule has 0 aliphatic carbocycles. The van der Waals surface area contributed by atoms with E-state index in [9.17, 15) is 14.3 Å². The van der Waals surface area contributed by atoms with E-state index in [1.807, 2.05) is 6.92 Å². The standard InChI is InChI=1S/C16H15ClFNO2/c1-2-6-19-16(21)11-5-3-4-10(7-11)12-8-13(17)15(20)9-14(12)18/h3-5,7-9,20H,2,6H2,1H3,(H,19,21). The van der Waals surface area contributed by atoms with Gasteiger partial charge in [0.15, 0.2) is 0 Å². The van der Waals surface area contributed by atoms with Crippen LogP contribution < -0.4 is 5.32 Å². The predicted octanol–water partition coefficient (Wildman–Crippen LogP) is 3.99. The monoisotopic (exact) mass is 307 g/mol. The Morgan fingerprint density at radius 3 is 2.81 bits per heavy atom. The number of halogens is 2. The Morgan fingerprint density at radius 1 is 1.33 bits per heavy atom. The average molecular weight is 308 g/mol. The lowest BCUT2D eigenvalue weighted by molar-refractivity contribution is 0.0953. The number of benzene rings is 2. The van der Waals surface area contributed by atoms with Crippen molar-refractivity contribution in [2.75, 3.05) is 6.54 Å². The maximum atomic E-state index is 13.9. The summed E-state index contributed by atoms with van der Waals surface area (Å²) in [7, 11) is 0. The van der Waals surface area contributed by atoms with Gasteiger partial charge in [-0.2, -0.15) is 0 Å². The molecule has 0 aliphatic heterocycles. The van der Waals surface area contributed by atoms with Crippen molar-refractivity contribution in [3.63, 3.8) is 0 Å². The van der Waals surface area contributed by atoms with Crippen LogP contribution in [0.5, 0.6) is 5.75 Å². The fourth-order valence-electron chi connectivity index (χ4n) is 1.93. The van der Waals surface area contributed by atoms with E-state index in [1.165, 1.54) is 6.07 Å². The minimum absolute atomic E-state index is 0.0623. The minimum atomic E-state index is -0.594. The summed E-state index contributed by atoms with van der Waals surface area (Å²) in [6.45, 7) is 2.55. The van der Waals surface area contributed by atoms with Crippen molar-refractivity contribution in [3.05, 3.63) is 52.8 Å². The van der Waals surface area contributed by atoms with E-state index in [2.05, 4.69) is 5.32 Å². The van der Waals surface area contributed by atoms with Crippen LogP contribution in [-0.2, 0) is 0 Å². The number of hydrogen-bond donors (Lipinski definition) is 2. The van der Waals surface area contributed by atoms with Gasteiger partial charge in [-0.05, 0) is 30.2 Å². The summed E-state index contributed by atoms with van der Waals surface area (Å²) >= 11 is 5.81. The molecule has 21 heavy (non-hydrogen) atoms. The second-order valence-electron chi connectivity index (χ2n) is 4.62. The predicted molar refractivity (Wildman–Crippen MR) is 81.1 cm³/mol. The van der Waals surface area contributed by atoms with E-state index in [0.717, 1.165) is 12.5 Å². The van der Waals surface area contributed by atoms with E-state index in [-0.39, 0.29) is 22.2 Å². The highest BCUT2D eigenvalue weighted by molar-refractivity contribution is 6.32. The van der Waals surface area contributed by atoms with E-state index >= 15 is 0 Å². The van der Waals surface area contributed by atoms with Gasteiger partial charge in [0.2, 0.25) is 0 Å². The van der Waals surface area contributed by atoms with Crippen molar-refractivity contribution in [2.24, 2.45) is 0 Å². The highest BCUT2D eigenvalue weighted by atomic mass is 35.5. The lowest BCUT2D eigenvalue weighted by atomic mass is 10.0. The first-order valence-electron chi connectivity index (χ1n) is 6.59. The molecule has 0 radical (unpaired) electrons. The number of hydrogen-bond acceptors (Lipinski definition) is 2. The van der Waals surface area contributed by atoms with Gasteiger partial charge in [-0.15, -0.1) is 0 Å². The van der Waals surface area contributed by atoms with Gasteiger partial charge in [0.25, 0.3) is 5.91 Å². The van der Waals surface area contributed by atoms with Gasteiger partial charge in [-0.1, -0.05) is 30.7 Å². The molecule has 0 saturated carbocycles. The Morgan fingerprint density at radius 2 is 2.10 bits per heavy atom. The summed E-state index contributed by atoms with van der Waals surface area (Å²) in [5.41, 5.74) is 1.21. The number of rotatable bonds is 4. The van der Waals surface area contributed by atoms with Crippen LogP contribution in [0.3, 0.4) is 0 Å². The van der Waals surface area contributed by atoms with E-state index < -0.39 is 5.82 Å². The molecule has 2 N–H and O–H groups in total. The number of phenols is 1. The molecule has 1 amide bonds. The summed E-state index contributed by atoms with van der Waals surface area (Å²) < 4.78 is 13.9. The maximum Gasteiger partial charge on any atom is 0.251 e. The molecule has 0 heterocycles. The molecule has 0 saturated heterocycles. The van der Waals surface area contributed by atoms with Gasteiger partial charge >= 0.3 is 0 Å². The summed E-state index contributed by atoms with van der Waals surface area (Å²) in [6, 6.07) is 8.92. The Balaban J connectivity index is 2.37. The normalized spacial score (nSPS) is 10.4. The highest BCUT2D eigenvalue weighted by Crippen LogP contribution is 2.32. The molecule has 5 heteroatoms. The Bertz CT molecular complexity index is 673. The van der Waals surface area contributed by atoms with Crippen LogP contribution in [0, 0.1) is 5.82 Å². The molecule has 0 atom stereocenters. The molecule has 3 nitrogen and oxygen atoms in total. The molecule has 0 aliphatic rings. The summed E-state index contributed by atoms with van der Waals surface area (Å²) in [5.74, 6) is -1.11. The van der Waals surface area contributed by atoms with Crippen LogP contribution in [0.15, 0.2) is 36.4 Å². The quantitative estimate of drug-likeness (QED) is 0.897. The van der Waals surface area contributed by atoms with E-state index in [0.29, 0.717) is 17.7 Å². The molecule has 0 spiro atoms. The van der Waals surface area contributed by atoms with Crippen LogP contribution in [0.4, 0.5) is 4.39 Å². The molecule has 0 aromatic heterocycles. The molecular weight excluding hydrogens is 293 g/mol. The minimum Gasteiger partial charge on any atom is -0.506 e. The van der Waals surface area contributed by atoms with Gasteiger partial charge < -0.3 is 10.4 Å². The Kier molecular flexibility index (Phi) is 4.81. The van der Waals surface area contributed by atoms with Crippen LogP contribution in [0.1, 0.15) is 23.7 Å². The molecule has 0 fully saturated rings. The number of aromatic hydroxyl groups is 1. The van der Waals surface area contributed by atoms with Gasteiger partial charge in [0, 0.05) is 23.7 Å². The number of nitrogens with one attached hydrogen (secondary N) is 1. The van der Waals surface area contributed by atoms with Crippen LogP contribution in [0.2, 0.25) is 5.02 Å².